The van der Waals surface area contributed by atoms with Crippen molar-refractivity contribution < 1.29 is 23.5 Å². The highest BCUT2D eigenvalue weighted by molar-refractivity contribution is 5.99. The van der Waals surface area contributed by atoms with Crippen molar-refractivity contribution >= 4 is 23.6 Å². The van der Waals surface area contributed by atoms with Crippen LogP contribution in [0, 0.1) is 17.0 Å². The molecular formula is C17H16F2N6O3. The zero-order chi connectivity index (χ0) is 20.3. The van der Waals surface area contributed by atoms with Crippen molar-refractivity contribution in [3.05, 3.63) is 47.7 Å². The molecule has 0 unspecified atom stereocenters. The lowest BCUT2D eigenvalue weighted by Crippen LogP contribution is -2.48. The minimum atomic E-state index is -0.991. The SMILES string of the molecule is N=C(N)NC(=O)OCc1cccc(-c2cnc(N3CC(=NO)C3)c(F)c2)c1F. The Balaban J connectivity index is 1.77. The smallest absolute Gasteiger partial charge is 0.414 e. The molecule has 146 valence electrons. The lowest BCUT2D eigenvalue weighted by atomic mass is 10.0. The number of amides is 1. The van der Waals surface area contributed by atoms with Crippen molar-refractivity contribution in [1.82, 2.24) is 10.3 Å². The third-order valence-electron chi connectivity index (χ3n) is 3.99. The molecule has 2 aromatic rings. The van der Waals surface area contributed by atoms with E-state index in [1.807, 2.05) is 5.32 Å². The third kappa shape index (κ3) is 3.98. The van der Waals surface area contributed by atoms with Crippen LogP contribution in [0.5, 0.6) is 0 Å². The maximum absolute atomic E-state index is 14.8. The Morgan fingerprint density at radius 2 is 2.18 bits per heavy atom. The fourth-order valence-electron chi connectivity index (χ4n) is 2.62. The average Bonchev–Trinajstić information content (AvgIpc) is 2.60. The zero-order valence-electron chi connectivity index (χ0n) is 14.4. The van der Waals surface area contributed by atoms with Gasteiger partial charge in [0, 0.05) is 22.9 Å². The van der Waals surface area contributed by atoms with Gasteiger partial charge in [0.05, 0.1) is 18.8 Å². The molecule has 11 heteroatoms. The molecule has 1 aromatic heterocycles. The lowest BCUT2D eigenvalue weighted by molar-refractivity contribution is 0.143. The number of anilines is 1. The average molecular weight is 390 g/mol. The highest BCUT2D eigenvalue weighted by atomic mass is 19.1. The number of halogens is 2. The van der Waals surface area contributed by atoms with Crippen LogP contribution in [0.2, 0.25) is 0 Å². The molecule has 28 heavy (non-hydrogen) atoms. The van der Waals surface area contributed by atoms with Crippen LogP contribution in [0.4, 0.5) is 19.4 Å². The molecule has 1 aliphatic heterocycles. The molecule has 1 fully saturated rings. The Morgan fingerprint density at radius 3 is 2.82 bits per heavy atom. The molecule has 0 aliphatic carbocycles. The van der Waals surface area contributed by atoms with E-state index in [1.54, 1.807) is 4.90 Å². The second-order valence-corrected chi connectivity index (χ2v) is 5.95. The minimum absolute atomic E-state index is 0.0622. The first-order valence-corrected chi connectivity index (χ1v) is 8.05. The standard InChI is InChI=1S/C17H16F2N6O3/c18-13-4-10(5-22-15(13)25-6-11(7-25)24-27)12-3-1-2-9(14(12)19)8-28-17(26)23-16(20)21/h1-5,27H,6-8H2,(H4,20,21,23,26). The Morgan fingerprint density at radius 1 is 1.43 bits per heavy atom. The number of aromatic nitrogens is 1. The number of alkyl carbamates (subject to hydrolysis) is 1. The molecule has 1 saturated heterocycles. The van der Waals surface area contributed by atoms with Gasteiger partial charge in [-0.1, -0.05) is 23.4 Å². The zero-order valence-corrected chi connectivity index (χ0v) is 14.4. The van der Waals surface area contributed by atoms with Crippen molar-refractivity contribution in [2.24, 2.45) is 10.9 Å². The quantitative estimate of drug-likeness (QED) is 0.272. The van der Waals surface area contributed by atoms with Gasteiger partial charge in [-0.3, -0.25) is 10.7 Å². The first-order chi connectivity index (χ1) is 13.4. The van der Waals surface area contributed by atoms with Gasteiger partial charge in [0.15, 0.2) is 17.6 Å². The summed E-state index contributed by atoms with van der Waals surface area (Å²) in [6.07, 6.45) is 0.340. The van der Waals surface area contributed by atoms with Crippen molar-refractivity contribution in [1.29, 1.82) is 5.41 Å². The monoisotopic (exact) mass is 390 g/mol. The van der Waals surface area contributed by atoms with Crippen LogP contribution in [-0.4, -0.2) is 41.0 Å². The maximum atomic E-state index is 14.8. The van der Waals surface area contributed by atoms with Gasteiger partial charge in [0.2, 0.25) is 0 Å². The fourth-order valence-corrected chi connectivity index (χ4v) is 2.62. The van der Waals surface area contributed by atoms with Crippen LogP contribution in [0.15, 0.2) is 35.6 Å². The highest BCUT2D eigenvalue weighted by Gasteiger charge is 2.26. The topological polar surface area (TPSA) is 137 Å². The molecule has 1 aromatic carbocycles. The summed E-state index contributed by atoms with van der Waals surface area (Å²) >= 11 is 0. The first-order valence-electron chi connectivity index (χ1n) is 8.05. The Kier molecular flexibility index (Phi) is 5.34. The van der Waals surface area contributed by atoms with Crippen LogP contribution in [-0.2, 0) is 11.3 Å². The number of nitrogens with two attached hydrogens (primary N) is 1. The van der Waals surface area contributed by atoms with E-state index in [2.05, 4.69) is 10.1 Å². The van der Waals surface area contributed by atoms with E-state index < -0.39 is 30.3 Å². The van der Waals surface area contributed by atoms with Gasteiger partial charge >= 0.3 is 6.09 Å². The summed E-state index contributed by atoms with van der Waals surface area (Å²) in [5, 5.41) is 20.5. The summed E-state index contributed by atoms with van der Waals surface area (Å²) in [6.45, 7) is 0.135. The first kappa shape index (κ1) is 19.0. The molecular weight excluding hydrogens is 374 g/mol. The van der Waals surface area contributed by atoms with Gasteiger partial charge in [0.25, 0.3) is 0 Å². The minimum Gasteiger partial charge on any atom is -0.444 e. The normalized spacial score (nSPS) is 12.9. The van der Waals surface area contributed by atoms with Crippen molar-refractivity contribution in [3.63, 3.8) is 0 Å². The largest absolute Gasteiger partial charge is 0.444 e. The molecule has 1 amide bonds. The van der Waals surface area contributed by atoms with Crippen molar-refractivity contribution in [2.45, 2.75) is 6.61 Å². The number of carbonyl (C=O) groups excluding carboxylic acids is 1. The van der Waals surface area contributed by atoms with E-state index in [-0.39, 0.29) is 35.6 Å². The molecule has 0 saturated carbocycles. The van der Waals surface area contributed by atoms with Crippen LogP contribution >= 0.6 is 0 Å². The van der Waals surface area contributed by atoms with Crippen LogP contribution in [0.3, 0.4) is 0 Å². The lowest BCUT2D eigenvalue weighted by Gasteiger charge is -2.32. The van der Waals surface area contributed by atoms with Crippen LogP contribution < -0.4 is 16.0 Å². The second kappa shape index (κ2) is 7.86. The van der Waals surface area contributed by atoms with E-state index in [4.69, 9.17) is 21.1 Å². The van der Waals surface area contributed by atoms with Gasteiger partial charge < -0.3 is 20.6 Å². The molecule has 0 spiro atoms. The van der Waals surface area contributed by atoms with E-state index in [0.29, 0.717) is 5.71 Å². The Labute approximate surface area is 157 Å². The fraction of sp³-hybridized carbons (Fsp3) is 0.176. The van der Waals surface area contributed by atoms with Crippen molar-refractivity contribution in [2.75, 3.05) is 18.0 Å². The van der Waals surface area contributed by atoms with Crippen LogP contribution in [0.25, 0.3) is 11.1 Å². The van der Waals surface area contributed by atoms with Gasteiger partial charge in [-0.2, -0.15) is 0 Å². The molecule has 1 aliphatic rings. The highest BCUT2D eigenvalue weighted by Crippen LogP contribution is 2.29. The predicted octanol–water partition coefficient (Wildman–Crippen LogP) is 1.80. The van der Waals surface area contributed by atoms with Gasteiger partial charge in [0.1, 0.15) is 12.4 Å². The number of ether oxygens (including phenoxy) is 1. The number of oxime groups is 1. The van der Waals surface area contributed by atoms with Gasteiger partial charge in [-0.15, -0.1) is 0 Å². The predicted molar refractivity (Wildman–Crippen MR) is 96.3 cm³/mol. The van der Waals surface area contributed by atoms with Gasteiger partial charge in [-0.25, -0.2) is 18.6 Å². The number of benzene rings is 1. The Bertz CT molecular complexity index is 958. The van der Waals surface area contributed by atoms with E-state index in [0.717, 1.165) is 6.07 Å². The molecule has 9 nitrogen and oxygen atoms in total. The number of pyridine rings is 1. The van der Waals surface area contributed by atoms with Crippen molar-refractivity contribution in [3.8, 4) is 11.1 Å². The number of nitrogens with zero attached hydrogens (tertiary/aromatic N) is 3. The molecule has 5 N–H and O–H groups in total. The summed E-state index contributed by atoms with van der Waals surface area (Å²) in [7, 11) is 0. The maximum Gasteiger partial charge on any atom is 0.414 e. The van der Waals surface area contributed by atoms with E-state index in [1.165, 1.54) is 24.4 Å². The number of hydrogen-bond donors (Lipinski definition) is 4. The summed E-state index contributed by atoms with van der Waals surface area (Å²) in [4.78, 5) is 17.0. The number of nitrogens with one attached hydrogen (secondary N) is 2. The van der Waals surface area contributed by atoms with E-state index in [9.17, 15) is 13.6 Å². The number of hydrogen-bond acceptors (Lipinski definition) is 7. The number of carbonyl (C=O) groups is 1. The number of guanidine groups is 1. The Hall–Kier alpha value is -3.76. The summed E-state index contributed by atoms with van der Waals surface area (Å²) in [5.74, 6) is -1.85. The number of rotatable bonds is 4. The third-order valence-corrected chi connectivity index (χ3v) is 3.99. The molecule has 3 rings (SSSR count). The summed E-state index contributed by atoms with van der Waals surface area (Å²) in [6, 6.07) is 5.55. The summed E-state index contributed by atoms with van der Waals surface area (Å²) in [5.41, 5.74) is 5.88. The van der Waals surface area contributed by atoms with Gasteiger partial charge in [-0.05, 0) is 6.07 Å². The van der Waals surface area contributed by atoms with E-state index >= 15 is 0 Å². The molecule has 0 bridgehead atoms. The second-order valence-electron chi connectivity index (χ2n) is 5.95. The van der Waals surface area contributed by atoms with Crippen LogP contribution in [0.1, 0.15) is 5.56 Å². The molecule has 0 radical (unpaired) electrons. The molecule has 0 atom stereocenters. The summed E-state index contributed by atoms with van der Waals surface area (Å²) < 4.78 is 33.9. The molecule has 2 heterocycles.